The van der Waals surface area contributed by atoms with E-state index < -0.39 is 0 Å². The van der Waals surface area contributed by atoms with Crippen molar-refractivity contribution in [2.75, 3.05) is 39.0 Å². The quantitative estimate of drug-likeness (QED) is 0.429. The summed E-state index contributed by atoms with van der Waals surface area (Å²) in [5.41, 5.74) is 0. The first kappa shape index (κ1) is 18.4. The first-order chi connectivity index (χ1) is 9.11. The molecule has 2 fully saturated rings. The molecule has 0 aromatic heterocycles. The van der Waals surface area contributed by atoms with E-state index >= 15 is 0 Å². The standard InChI is InChI=1S/C14H27N3OS.HI/c1-14(2)11-17(7-9-19-14)13(15-3)16-10-12-6-4-5-8-18-12;/h12H,4-11H2,1-3H3,(H,15,16);1H. The van der Waals surface area contributed by atoms with E-state index in [9.17, 15) is 0 Å². The van der Waals surface area contributed by atoms with Gasteiger partial charge in [0, 0.05) is 43.8 Å². The normalized spacial score (nSPS) is 26.9. The minimum absolute atomic E-state index is 0. The van der Waals surface area contributed by atoms with Gasteiger partial charge in [0.2, 0.25) is 0 Å². The molecule has 0 aliphatic carbocycles. The number of nitrogens with zero attached hydrogens (tertiary/aromatic N) is 2. The Kier molecular flexibility index (Phi) is 7.97. The Labute approximate surface area is 144 Å². The van der Waals surface area contributed by atoms with Crippen molar-refractivity contribution in [2.24, 2.45) is 4.99 Å². The molecule has 118 valence electrons. The number of thioether (sulfide) groups is 1. The lowest BCUT2D eigenvalue weighted by molar-refractivity contribution is 0.0191. The van der Waals surface area contributed by atoms with Crippen LogP contribution in [0.3, 0.4) is 0 Å². The van der Waals surface area contributed by atoms with Gasteiger partial charge < -0.3 is 15.0 Å². The van der Waals surface area contributed by atoms with Crippen LogP contribution in [0, 0.1) is 0 Å². The molecule has 1 atom stereocenters. The fraction of sp³-hybridized carbons (Fsp3) is 0.929. The van der Waals surface area contributed by atoms with Gasteiger partial charge in [-0.1, -0.05) is 0 Å². The lowest BCUT2D eigenvalue weighted by Crippen LogP contribution is -2.52. The molecule has 2 saturated heterocycles. The summed E-state index contributed by atoms with van der Waals surface area (Å²) < 4.78 is 6.08. The first-order valence-corrected chi connectivity index (χ1v) is 8.30. The van der Waals surface area contributed by atoms with Crippen molar-refractivity contribution in [1.82, 2.24) is 10.2 Å². The topological polar surface area (TPSA) is 36.9 Å². The Balaban J connectivity index is 0.00000200. The average Bonchev–Trinajstić information content (AvgIpc) is 2.39. The molecule has 2 aliphatic heterocycles. The van der Waals surface area contributed by atoms with Crippen LogP contribution in [-0.4, -0.2) is 60.8 Å². The number of halogens is 1. The highest BCUT2D eigenvalue weighted by atomic mass is 127. The van der Waals surface area contributed by atoms with Crippen LogP contribution in [0.2, 0.25) is 0 Å². The molecule has 2 rings (SSSR count). The molecule has 0 bridgehead atoms. The van der Waals surface area contributed by atoms with Gasteiger partial charge >= 0.3 is 0 Å². The van der Waals surface area contributed by atoms with Crippen LogP contribution in [0.1, 0.15) is 33.1 Å². The Morgan fingerprint density at radius 1 is 1.45 bits per heavy atom. The van der Waals surface area contributed by atoms with Crippen LogP contribution in [0.15, 0.2) is 4.99 Å². The van der Waals surface area contributed by atoms with Crippen LogP contribution in [0.25, 0.3) is 0 Å². The average molecular weight is 413 g/mol. The van der Waals surface area contributed by atoms with Crippen molar-refractivity contribution < 1.29 is 4.74 Å². The predicted octanol–water partition coefficient (Wildman–Crippen LogP) is 2.58. The maximum atomic E-state index is 5.76. The maximum absolute atomic E-state index is 5.76. The van der Waals surface area contributed by atoms with Gasteiger partial charge in [-0.3, -0.25) is 4.99 Å². The molecule has 0 saturated carbocycles. The summed E-state index contributed by atoms with van der Waals surface area (Å²) in [6.07, 6.45) is 4.03. The molecular formula is C14H28IN3OS. The summed E-state index contributed by atoms with van der Waals surface area (Å²) in [5, 5.41) is 3.49. The van der Waals surface area contributed by atoms with Crippen LogP contribution in [0.4, 0.5) is 0 Å². The van der Waals surface area contributed by atoms with Gasteiger partial charge in [-0.25, -0.2) is 0 Å². The van der Waals surface area contributed by atoms with Gasteiger partial charge in [-0.2, -0.15) is 11.8 Å². The largest absolute Gasteiger partial charge is 0.376 e. The lowest BCUT2D eigenvalue weighted by Gasteiger charge is -2.39. The highest BCUT2D eigenvalue weighted by molar-refractivity contribution is 14.0. The third-order valence-electron chi connectivity index (χ3n) is 3.70. The minimum Gasteiger partial charge on any atom is -0.376 e. The Morgan fingerprint density at radius 3 is 2.85 bits per heavy atom. The van der Waals surface area contributed by atoms with Crippen molar-refractivity contribution >= 4 is 41.7 Å². The number of hydrogen-bond donors (Lipinski definition) is 1. The number of nitrogens with one attached hydrogen (secondary N) is 1. The van der Waals surface area contributed by atoms with Crippen molar-refractivity contribution in [3.8, 4) is 0 Å². The molecule has 0 amide bonds. The van der Waals surface area contributed by atoms with E-state index in [2.05, 4.69) is 29.1 Å². The fourth-order valence-corrected chi connectivity index (χ4v) is 3.81. The maximum Gasteiger partial charge on any atom is 0.193 e. The number of ether oxygens (including phenoxy) is 1. The zero-order chi connectivity index (χ0) is 13.7. The Bertz CT molecular complexity index is 320. The van der Waals surface area contributed by atoms with Gasteiger partial charge in [-0.15, -0.1) is 24.0 Å². The zero-order valence-corrected chi connectivity index (χ0v) is 16.0. The van der Waals surface area contributed by atoms with Crippen molar-refractivity contribution in [3.63, 3.8) is 0 Å². The molecule has 4 nitrogen and oxygen atoms in total. The molecule has 2 heterocycles. The minimum atomic E-state index is 0. The summed E-state index contributed by atoms with van der Waals surface area (Å²) in [7, 11) is 1.87. The van der Waals surface area contributed by atoms with Crippen molar-refractivity contribution in [2.45, 2.75) is 44.0 Å². The van der Waals surface area contributed by atoms with Crippen molar-refractivity contribution in [3.05, 3.63) is 0 Å². The number of guanidine groups is 1. The summed E-state index contributed by atoms with van der Waals surface area (Å²) in [6.45, 7) is 8.56. The summed E-state index contributed by atoms with van der Waals surface area (Å²) >= 11 is 2.05. The third-order valence-corrected chi connectivity index (χ3v) is 5.00. The zero-order valence-electron chi connectivity index (χ0n) is 12.9. The molecule has 0 spiro atoms. The molecule has 6 heteroatoms. The van der Waals surface area contributed by atoms with Gasteiger partial charge in [0.05, 0.1) is 6.10 Å². The summed E-state index contributed by atoms with van der Waals surface area (Å²) in [4.78, 5) is 6.80. The van der Waals surface area contributed by atoms with Crippen LogP contribution in [0.5, 0.6) is 0 Å². The number of aliphatic imine (C=N–C) groups is 1. The molecule has 0 aromatic carbocycles. The van der Waals surface area contributed by atoms with Gasteiger partial charge in [0.15, 0.2) is 5.96 Å². The van der Waals surface area contributed by atoms with Crippen LogP contribution in [-0.2, 0) is 4.74 Å². The first-order valence-electron chi connectivity index (χ1n) is 7.32. The predicted molar refractivity (Wildman–Crippen MR) is 98.5 cm³/mol. The Hall–Kier alpha value is 0.310. The van der Waals surface area contributed by atoms with Gasteiger partial charge in [0.25, 0.3) is 0 Å². The molecule has 1 N–H and O–H groups in total. The summed E-state index contributed by atoms with van der Waals surface area (Å²) in [5.74, 6) is 2.20. The smallest absolute Gasteiger partial charge is 0.193 e. The molecule has 0 radical (unpaired) electrons. The van der Waals surface area contributed by atoms with E-state index in [0.717, 1.165) is 32.2 Å². The third kappa shape index (κ3) is 5.60. The van der Waals surface area contributed by atoms with E-state index in [0.29, 0.717) is 10.9 Å². The van der Waals surface area contributed by atoms with E-state index in [4.69, 9.17) is 4.74 Å². The molecular weight excluding hydrogens is 385 g/mol. The second-order valence-corrected chi connectivity index (χ2v) is 7.75. The van der Waals surface area contributed by atoms with E-state index in [1.807, 2.05) is 18.8 Å². The molecule has 0 aromatic rings. The number of rotatable bonds is 2. The molecule has 1 unspecified atom stereocenters. The SMILES string of the molecule is CN=C(NCC1CCCCO1)N1CCSC(C)(C)C1.I. The monoisotopic (exact) mass is 413 g/mol. The Morgan fingerprint density at radius 2 is 2.25 bits per heavy atom. The van der Waals surface area contributed by atoms with Crippen molar-refractivity contribution in [1.29, 1.82) is 0 Å². The van der Waals surface area contributed by atoms with E-state index in [-0.39, 0.29) is 24.0 Å². The lowest BCUT2D eigenvalue weighted by atomic mass is 10.1. The molecule has 2 aliphatic rings. The second kappa shape index (κ2) is 8.68. The second-order valence-electron chi connectivity index (χ2n) is 5.95. The molecule has 20 heavy (non-hydrogen) atoms. The highest BCUT2D eigenvalue weighted by Gasteiger charge is 2.28. The van der Waals surface area contributed by atoms with Gasteiger partial charge in [0.1, 0.15) is 0 Å². The highest BCUT2D eigenvalue weighted by Crippen LogP contribution is 2.29. The van der Waals surface area contributed by atoms with E-state index in [1.165, 1.54) is 25.0 Å². The van der Waals surface area contributed by atoms with Gasteiger partial charge in [-0.05, 0) is 33.1 Å². The fourth-order valence-electron chi connectivity index (χ4n) is 2.70. The van der Waals surface area contributed by atoms with Crippen LogP contribution >= 0.6 is 35.7 Å². The summed E-state index contributed by atoms with van der Waals surface area (Å²) in [6, 6.07) is 0. The van der Waals surface area contributed by atoms with E-state index in [1.54, 1.807) is 0 Å². The number of hydrogen-bond acceptors (Lipinski definition) is 3. The van der Waals surface area contributed by atoms with Crippen LogP contribution < -0.4 is 5.32 Å².